The minimum absolute atomic E-state index is 0.0319. The number of thiophene rings is 1. The van der Waals surface area contributed by atoms with Gasteiger partial charge in [0.05, 0.1) is 34.0 Å². The molecule has 0 spiro atoms. The van der Waals surface area contributed by atoms with E-state index in [4.69, 9.17) is 21.3 Å². The Balaban J connectivity index is 1.47. The van der Waals surface area contributed by atoms with Crippen molar-refractivity contribution in [2.24, 2.45) is 0 Å². The number of ether oxygens (including phenoxy) is 1. The second kappa shape index (κ2) is 11.2. The van der Waals surface area contributed by atoms with E-state index in [0.29, 0.717) is 33.4 Å². The predicted molar refractivity (Wildman–Crippen MR) is 149 cm³/mol. The monoisotopic (exact) mass is 593 g/mol. The van der Waals surface area contributed by atoms with E-state index in [9.17, 15) is 22.8 Å². The summed E-state index contributed by atoms with van der Waals surface area (Å²) < 4.78 is 46.6. The van der Waals surface area contributed by atoms with Crippen LogP contribution in [0.2, 0.25) is 5.02 Å². The summed E-state index contributed by atoms with van der Waals surface area (Å²) in [7, 11) is 0. The maximum absolute atomic E-state index is 13.9. The molecule has 6 nitrogen and oxygen atoms in total. The molecule has 0 fully saturated rings. The van der Waals surface area contributed by atoms with E-state index >= 15 is 0 Å². The highest BCUT2D eigenvalue weighted by Crippen LogP contribution is 2.37. The molecule has 4 aromatic rings. The molecule has 2 heterocycles. The third kappa shape index (κ3) is 5.80. The number of carbonyl (C=O) groups excluding carboxylic acids is 1. The molecule has 0 atom stereocenters. The topological polar surface area (TPSA) is 73.2 Å². The number of halogens is 4. The number of amides is 1. The number of nitrogens with zero attached hydrogens (tertiary/aromatic N) is 2. The molecule has 204 valence electrons. The molecule has 5 rings (SSSR count). The highest BCUT2D eigenvalue weighted by atomic mass is 35.5. The largest absolute Gasteiger partial charge is 0.494 e. The van der Waals surface area contributed by atoms with Gasteiger partial charge in [0.1, 0.15) is 10.6 Å². The normalized spacial score (nSPS) is 13.4. The Morgan fingerprint density at radius 2 is 1.92 bits per heavy atom. The van der Waals surface area contributed by atoms with Crippen molar-refractivity contribution >= 4 is 56.5 Å². The minimum atomic E-state index is -4.65. The number of rotatable bonds is 7. The second-order valence-corrected chi connectivity index (χ2v) is 11.3. The fourth-order valence-electron chi connectivity index (χ4n) is 4.52. The van der Waals surface area contributed by atoms with Crippen LogP contribution in [0.1, 0.15) is 35.8 Å². The summed E-state index contributed by atoms with van der Waals surface area (Å²) in [5.41, 5.74) is 0.349. The Morgan fingerprint density at radius 1 is 1.18 bits per heavy atom. The summed E-state index contributed by atoms with van der Waals surface area (Å²) in [6.07, 6.45) is -0.843. The maximum Gasteiger partial charge on any atom is 0.417 e. The minimum Gasteiger partial charge on any atom is -0.494 e. The quantitative estimate of drug-likeness (QED) is 0.182. The zero-order valence-electron chi connectivity index (χ0n) is 20.7. The lowest BCUT2D eigenvalue weighted by Gasteiger charge is -2.14. The number of nitrogens with one attached hydrogen (secondary N) is 1. The molecule has 1 amide bonds. The van der Waals surface area contributed by atoms with Crippen LogP contribution in [-0.4, -0.2) is 27.8 Å². The molecule has 0 aliphatic heterocycles. The SMILES string of the molecule is CCOc1ccc(-n2c(SCC(=O)Nc3ccc(Cl)c(C(F)(F)F)c3)nc3sc4c(c3c2=O)CCCC4)cc1. The molecular weight excluding hydrogens is 571 g/mol. The molecule has 1 N–H and O–H groups in total. The van der Waals surface area contributed by atoms with E-state index in [1.807, 2.05) is 6.92 Å². The van der Waals surface area contributed by atoms with Crippen LogP contribution in [0.5, 0.6) is 5.75 Å². The van der Waals surface area contributed by atoms with Gasteiger partial charge in [0, 0.05) is 10.6 Å². The molecule has 1 aliphatic carbocycles. The lowest BCUT2D eigenvalue weighted by Crippen LogP contribution is -2.23. The second-order valence-electron chi connectivity index (χ2n) is 8.88. The van der Waals surface area contributed by atoms with Crippen molar-refractivity contribution < 1.29 is 22.7 Å². The van der Waals surface area contributed by atoms with Crippen molar-refractivity contribution in [1.82, 2.24) is 9.55 Å². The molecule has 0 saturated heterocycles. The van der Waals surface area contributed by atoms with Gasteiger partial charge in [-0.25, -0.2) is 4.98 Å². The number of aromatic nitrogens is 2. The lowest BCUT2D eigenvalue weighted by atomic mass is 9.97. The van der Waals surface area contributed by atoms with Crippen LogP contribution in [0.3, 0.4) is 0 Å². The third-order valence-corrected chi connectivity index (χ3v) is 8.71. The summed E-state index contributed by atoms with van der Waals surface area (Å²) in [6, 6.07) is 10.2. The summed E-state index contributed by atoms with van der Waals surface area (Å²) in [6.45, 7) is 2.38. The number of alkyl halides is 3. The van der Waals surface area contributed by atoms with Crippen LogP contribution >= 0.6 is 34.7 Å². The van der Waals surface area contributed by atoms with Gasteiger partial charge in [-0.1, -0.05) is 23.4 Å². The maximum atomic E-state index is 13.9. The van der Waals surface area contributed by atoms with Crippen LogP contribution in [0.4, 0.5) is 18.9 Å². The molecule has 2 aromatic heterocycles. The lowest BCUT2D eigenvalue weighted by molar-refractivity contribution is -0.137. The molecule has 0 saturated carbocycles. The van der Waals surface area contributed by atoms with Crippen molar-refractivity contribution in [2.75, 3.05) is 17.7 Å². The Labute approximate surface area is 235 Å². The highest BCUT2D eigenvalue weighted by Gasteiger charge is 2.33. The van der Waals surface area contributed by atoms with Crippen molar-refractivity contribution in [1.29, 1.82) is 0 Å². The fraction of sp³-hybridized carbons (Fsp3) is 0.296. The van der Waals surface area contributed by atoms with Gasteiger partial charge >= 0.3 is 6.18 Å². The first-order valence-electron chi connectivity index (χ1n) is 12.3. The number of thioether (sulfide) groups is 1. The van der Waals surface area contributed by atoms with Gasteiger partial charge in [0.25, 0.3) is 5.56 Å². The molecule has 0 bridgehead atoms. The standard InChI is InChI=1S/C27H23ClF3N3O3S2/c1-2-37-17-10-8-16(9-11-17)34-25(36)23-18-5-3-4-6-21(18)39-24(23)33-26(34)38-14-22(35)32-15-7-12-20(28)19(13-15)27(29,30)31/h7-13H,2-6,14H2,1H3,(H,32,35). The van der Waals surface area contributed by atoms with Crippen molar-refractivity contribution in [3.05, 3.63) is 73.8 Å². The van der Waals surface area contributed by atoms with E-state index < -0.39 is 22.7 Å². The first-order chi connectivity index (χ1) is 18.7. The van der Waals surface area contributed by atoms with E-state index in [1.54, 1.807) is 24.3 Å². The Bertz CT molecular complexity index is 1600. The number of aryl methyl sites for hydroxylation is 2. The Morgan fingerprint density at radius 3 is 2.64 bits per heavy atom. The smallest absolute Gasteiger partial charge is 0.417 e. The summed E-state index contributed by atoms with van der Waals surface area (Å²) in [5.74, 6) is -0.0659. The van der Waals surface area contributed by atoms with Gasteiger partial charge in [-0.15, -0.1) is 11.3 Å². The van der Waals surface area contributed by atoms with Gasteiger partial charge in [-0.3, -0.25) is 14.2 Å². The third-order valence-electron chi connectivity index (χ3n) is 6.25. The number of benzene rings is 2. The van der Waals surface area contributed by atoms with Crippen molar-refractivity contribution in [3.63, 3.8) is 0 Å². The highest BCUT2D eigenvalue weighted by molar-refractivity contribution is 7.99. The van der Waals surface area contributed by atoms with Crippen molar-refractivity contribution in [2.45, 2.75) is 43.9 Å². The Kier molecular flexibility index (Phi) is 7.93. The van der Waals surface area contributed by atoms with E-state index in [2.05, 4.69) is 5.32 Å². The van der Waals surface area contributed by atoms with Crippen LogP contribution in [0.25, 0.3) is 15.9 Å². The van der Waals surface area contributed by atoms with E-state index in [1.165, 1.54) is 26.8 Å². The van der Waals surface area contributed by atoms with E-state index in [-0.39, 0.29) is 17.0 Å². The molecular formula is C27H23ClF3N3O3S2. The number of hydrogen-bond donors (Lipinski definition) is 1. The molecule has 1 aliphatic rings. The average Bonchev–Trinajstić information content (AvgIpc) is 3.27. The van der Waals surface area contributed by atoms with Crippen LogP contribution in [0.15, 0.2) is 52.4 Å². The molecule has 0 radical (unpaired) electrons. The van der Waals surface area contributed by atoms with Crippen LogP contribution < -0.4 is 15.6 Å². The predicted octanol–water partition coefficient (Wildman–Crippen LogP) is 7.13. The van der Waals surface area contributed by atoms with Gasteiger partial charge in [-0.05, 0) is 80.6 Å². The zero-order valence-corrected chi connectivity index (χ0v) is 23.1. The molecule has 39 heavy (non-hydrogen) atoms. The molecule has 12 heteroatoms. The first kappa shape index (κ1) is 27.5. The number of fused-ring (bicyclic) bond motifs is 3. The number of carbonyl (C=O) groups is 1. The summed E-state index contributed by atoms with van der Waals surface area (Å²) in [5, 5.41) is 2.95. The summed E-state index contributed by atoms with van der Waals surface area (Å²) >= 11 is 8.22. The van der Waals surface area contributed by atoms with Crippen molar-refractivity contribution in [3.8, 4) is 11.4 Å². The van der Waals surface area contributed by atoms with Crippen LogP contribution in [-0.2, 0) is 23.8 Å². The Hall–Kier alpha value is -3.02. The number of hydrogen-bond acceptors (Lipinski definition) is 6. The summed E-state index contributed by atoms with van der Waals surface area (Å²) in [4.78, 5) is 33.2. The fourth-order valence-corrected chi connectivity index (χ4v) is 6.86. The first-order valence-corrected chi connectivity index (χ1v) is 14.4. The average molecular weight is 594 g/mol. The van der Waals surface area contributed by atoms with Gasteiger partial charge in [0.2, 0.25) is 5.91 Å². The van der Waals surface area contributed by atoms with E-state index in [0.717, 1.165) is 55.1 Å². The van der Waals surface area contributed by atoms with Gasteiger partial charge in [0.15, 0.2) is 5.16 Å². The molecule has 0 unspecified atom stereocenters. The van der Waals surface area contributed by atoms with Crippen LogP contribution in [0, 0.1) is 0 Å². The zero-order chi connectivity index (χ0) is 27.7. The number of anilines is 1. The van der Waals surface area contributed by atoms with Gasteiger partial charge < -0.3 is 10.1 Å². The van der Waals surface area contributed by atoms with Gasteiger partial charge in [-0.2, -0.15) is 13.2 Å². The molecule has 2 aromatic carbocycles.